The van der Waals surface area contributed by atoms with Crippen molar-refractivity contribution in [2.45, 2.75) is 18.8 Å². The third-order valence-electron chi connectivity index (χ3n) is 4.87. The van der Waals surface area contributed by atoms with Gasteiger partial charge < -0.3 is 21.1 Å². The van der Waals surface area contributed by atoms with Crippen LogP contribution >= 0.6 is 0 Å². The van der Waals surface area contributed by atoms with Gasteiger partial charge in [0, 0.05) is 30.4 Å². The second kappa shape index (κ2) is 10.4. The van der Waals surface area contributed by atoms with Crippen molar-refractivity contribution in [2.24, 2.45) is 0 Å². The molecule has 0 aromatic carbocycles. The number of nitrogens with zero attached hydrogens (tertiary/aromatic N) is 4. The highest BCUT2D eigenvalue weighted by molar-refractivity contribution is 6.06. The first-order chi connectivity index (χ1) is 16.1. The summed E-state index contributed by atoms with van der Waals surface area (Å²) in [7, 11) is 0. The lowest BCUT2D eigenvalue weighted by Gasteiger charge is -2.15. The van der Waals surface area contributed by atoms with Crippen LogP contribution in [0.1, 0.15) is 40.6 Å². The van der Waals surface area contributed by atoms with Gasteiger partial charge in [0.1, 0.15) is 12.1 Å². The number of rotatable bonds is 10. The molecule has 1 aliphatic carbocycles. The van der Waals surface area contributed by atoms with E-state index in [2.05, 4.69) is 35.9 Å². The summed E-state index contributed by atoms with van der Waals surface area (Å²) in [6.07, 6.45) is 9.79. The summed E-state index contributed by atoms with van der Waals surface area (Å²) in [4.78, 5) is 30.0. The van der Waals surface area contributed by atoms with Crippen molar-refractivity contribution in [1.82, 2.24) is 30.6 Å². The Morgan fingerprint density at radius 2 is 2.00 bits per heavy atom. The summed E-state index contributed by atoms with van der Waals surface area (Å²) in [6, 6.07) is 8.98. The van der Waals surface area contributed by atoms with E-state index in [1.807, 2.05) is 12.1 Å². The molecule has 33 heavy (non-hydrogen) atoms. The van der Waals surface area contributed by atoms with E-state index >= 15 is 0 Å². The highest BCUT2D eigenvalue weighted by Gasteiger charge is 2.27. The lowest BCUT2D eigenvalue weighted by atomic mass is 10.2. The molecule has 0 bridgehead atoms. The summed E-state index contributed by atoms with van der Waals surface area (Å²) in [5.41, 5.74) is 2.77. The molecule has 3 aromatic rings. The van der Waals surface area contributed by atoms with Gasteiger partial charge in [-0.25, -0.2) is 15.0 Å². The number of hydrogen-bond acceptors (Lipinski definition) is 9. The van der Waals surface area contributed by atoms with Crippen LogP contribution in [0.15, 0.2) is 67.1 Å². The lowest BCUT2D eigenvalue weighted by molar-refractivity contribution is 0.0958. The van der Waals surface area contributed by atoms with Crippen LogP contribution in [0.5, 0.6) is 0 Å². The third kappa shape index (κ3) is 5.95. The molecule has 1 amide bonds. The number of pyridine rings is 2. The van der Waals surface area contributed by atoms with E-state index in [0.717, 1.165) is 18.5 Å². The topological polar surface area (TPSA) is 149 Å². The first-order valence-electron chi connectivity index (χ1n) is 10.5. The van der Waals surface area contributed by atoms with Crippen molar-refractivity contribution in [2.75, 3.05) is 18.5 Å². The fourth-order valence-corrected chi connectivity index (χ4v) is 3.12. The number of aromatic nitrogens is 4. The number of aliphatic hydroxyl groups excluding tert-OH is 1. The van der Waals surface area contributed by atoms with Crippen LogP contribution in [0.4, 0.5) is 11.4 Å². The molecule has 3 aromatic heterocycles. The van der Waals surface area contributed by atoms with Crippen molar-refractivity contribution in [3.05, 3.63) is 84.2 Å². The number of amides is 1. The minimum absolute atomic E-state index is 0.107. The maximum absolute atomic E-state index is 13.3. The predicted octanol–water partition coefficient (Wildman–Crippen LogP) is 2.11. The monoisotopic (exact) mass is 444 g/mol. The Balaban J connectivity index is 1.60. The number of allylic oxidation sites excluding steroid dienone is 1. The normalized spacial score (nSPS) is 13.3. The van der Waals surface area contributed by atoms with E-state index in [4.69, 9.17) is 5.41 Å². The van der Waals surface area contributed by atoms with Crippen molar-refractivity contribution in [3.8, 4) is 0 Å². The molecular weight excluding hydrogens is 420 g/mol. The van der Waals surface area contributed by atoms with Gasteiger partial charge in [-0.15, -0.1) is 0 Å². The van der Waals surface area contributed by atoms with Crippen molar-refractivity contribution < 1.29 is 9.90 Å². The Hall–Kier alpha value is -4.18. The lowest BCUT2D eigenvalue weighted by Crippen LogP contribution is -2.34. The van der Waals surface area contributed by atoms with Crippen LogP contribution in [-0.4, -0.2) is 49.8 Å². The number of hydrogen-bond donors (Lipinski definition) is 5. The third-order valence-corrected chi connectivity index (χ3v) is 4.87. The van der Waals surface area contributed by atoms with E-state index in [1.54, 1.807) is 36.8 Å². The van der Waals surface area contributed by atoms with E-state index < -0.39 is 5.91 Å². The molecule has 0 spiro atoms. The van der Waals surface area contributed by atoms with Crippen molar-refractivity contribution in [3.63, 3.8) is 0 Å². The van der Waals surface area contributed by atoms with Crippen LogP contribution in [0, 0.1) is 5.41 Å². The number of nitrogens with one attached hydrogen (secondary N) is 4. The molecule has 0 radical (unpaired) electrons. The average molecular weight is 444 g/mol. The highest BCUT2D eigenvalue weighted by Crippen LogP contribution is 2.39. The highest BCUT2D eigenvalue weighted by atomic mass is 16.3. The largest absolute Gasteiger partial charge is 0.395 e. The maximum atomic E-state index is 13.3. The number of anilines is 2. The van der Waals surface area contributed by atoms with E-state index in [9.17, 15) is 9.90 Å². The summed E-state index contributed by atoms with van der Waals surface area (Å²) >= 11 is 0. The van der Waals surface area contributed by atoms with Gasteiger partial charge in [0.25, 0.3) is 5.91 Å². The summed E-state index contributed by atoms with van der Waals surface area (Å²) in [6.45, 7) is 0.0595. The Labute approximate surface area is 190 Å². The van der Waals surface area contributed by atoms with Gasteiger partial charge in [0.05, 0.1) is 41.8 Å². The molecule has 0 atom stereocenters. The van der Waals surface area contributed by atoms with E-state index in [-0.39, 0.29) is 30.4 Å². The molecule has 5 N–H and O–H groups in total. The van der Waals surface area contributed by atoms with Crippen LogP contribution < -0.4 is 16.0 Å². The van der Waals surface area contributed by atoms with Crippen LogP contribution in [0.2, 0.25) is 0 Å². The molecular formula is C23H24N8O2. The first kappa shape index (κ1) is 22.0. The molecule has 1 aliphatic rings. The van der Waals surface area contributed by atoms with Gasteiger partial charge in [-0.3, -0.25) is 15.2 Å². The molecule has 3 heterocycles. The molecule has 4 rings (SSSR count). The maximum Gasteiger partial charge on any atom is 0.277 e. The Morgan fingerprint density at radius 3 is 2.70 bits per heavy atom. The SMILES string of the molecule is N=C(/C=C(\NCCO)NC(=O)c1nc(C2CC2)ccc1Nc1cncnc1)c1ccccn1. The molecule has 10 heteroatoms. The van der Waals surface area contributed by atoms with Gasteiger partial charge in [-0.1, -0.05) is 6.07 Å². The summed E-state index contributed by atoms with van der Waals surface area (Å²) < 4.78 is 0. The van der Waals surface area contributed by atoms with Gasteiger partial charge in [-0.2, -0.15) is 0 Å². The zero-order valence-corrected chi connectivity index (χ0v) is 17.8. The minimum atomic E-state index is -0.456. The summed E-state index contributed by atoms with van der Waals surface area (Å²) in [5.74, 6) is 0.171. The quantitative estimate of drug-likeness (QED) is 0.299. The fraction of sp³-hybridized carbons (Fsp3) is 0.217. The molecule has 0 aliphatic heterocycles. The Kier molecular flexibility index (Phi) is 6.96. The number of carbonyl (C=O) groups excluding carboxylic acids is 1. The summed E-state index contributed by atoms with van der Waals surface area (Å²) in [5, 5.41) is 26.4. The fourth-order valence-electron chi connectivity index (χ4n) is 3.12. The molecule has 10 nitrogen and oxygen atoms in total. The van der Waals surface area contributed by atoms with Gasteiger partial charge >= 0.3 is 0 Å². The van der Waals surface area contributed by atoms with Crippen molar-refractivity contribution >= 4 is 23.0 Å². The van der Waals surface area contributed by atoms with E-state index in [1.165, 1.54) is 12.4 Å². The second-order valence-corrected chi connectivity index (χ2v) is 7.45. The predicted molar refractivity (Wildman–Crippen MR) is 123 cm³/mol. The van der Waals surface area contributed by atoms with E-state index in [0.29, 0.717) is 23.0 Å². The molecule has 1 saturated carbocycles. The van der Waals surface area contributed by atoms with Crippen LogP contribution in [0.3, 0.4) is 0 Å². The second-order valence-electron chi connectivity index (χ2n) is 7.45. The van der Waals surface area contributed by atoms with Crippen molar-refractivity contribution in [1.29, 1.82) is 5.41 Å². The molecule has 1 fully saturated rings. The zero-order valence-electron chi connectivity index (χ0n) is 17.8. The Morgan fingerprint density at radius 1 is 1.18 bits per heavy atom. The number of aliphatic hydroxyl groups is 1. The molecule has 0 unspecified atom stereocenters. The van der Waals surface area contributed by atoms with Gasteiger partial charge in [-0.05, 0) is 37.1 Å². The smallest absolute Gasteiger partial charge is 0.277 e. The van der Waals surface area contributed by atoms with Gasteiger partial charge in [0.15, 0.2) is 5.69 Å². The van der Waals surface area contributed by atoms with Gasteiger partial charge in [0.2, 0.25) is 0 Å². The Bertz CT molecular complexity index is 1150. The van der Waals surface area contributed by atoms with Crippen LogP contribution in [-0.2, 0) is 0 Å². The molecule has 168 valence electrons. The standard InChI is InChI=1S/C23H24N8O2/c24-17(19-3-1-2-8-27-19)11-21(28-9-10-32)31-23(33)22-20(29-16-12-25-14-26-13-16)7-6-18(30-22)15-4-5-15/h1-3,6-8,11-15,24,28-29,32H,4-5,9-10H2,(H,31,33)/b21-11+,24-17?. The average Bonchev–Trinajstić information content (AvgIpc) is 3.69. The first-order valence-corrected chi connectivity index (χ1v) is 10.5. The van der Waals surface area contributed by atoms with Crippen LogP contribution in [0.25, 0.3) is 0 Å². The zero-order chi connectivity index (χ0) is 23.0. The minimum Gasteiger partial charge on any atom is -0.395 e. The number of carbonyl (C=O) groups is 1. The molecule has 0 saturated heterocycles.